The zero-order valence-electron chi connectivity index (χ0n) is 17.8. The molecule has 0 aliphatic carbocycles. The minimum atomic E-state index is 0.490. The molecule has 156 valence electrons. The molecule has 2 aliphatic rings. The summed E-state index contributed by atoms with van der Waals surface area (Å²) in [6.45, 7) is 8.23. The normalized spacial score (nSPS) is 24.5. The zero-order valence-corrected chi connectivity index (χ0v) is 17.8. The van der Waals surface area contributed by atoms with Gasteiger partial charge in [0, 0.05) is 71.9 Å². The molecule has 2 fully saturated rings. The number of hydrogen-bond acceptors (Lipinski definition) is 4. The number of aliphatic imine (C=N–C) groups is 1. The molecule has 0 spiro atoms. The van der Waals surface area contributed by atoms with E-state index in [1.165, 1.54) is 5.56 Å². The summed E-state index contributed by atoms with van der Waals surface area (Å²) in [5.41, 5.74) is 1.43. The van der Waals surface area contributed by atoms with Crippen molar-refractivity contribution < 1.29 is 4.74 Å². The van der Waals surface area contributed by atoms with Gasteiger partial charge in [-0.2, -0.15) is 0 Å². The molecule has 2 saturated heterocycles. The standard InChI is InChI=1S/C22H37N5O/c1-23-22(26(3)16-19-10-15-28-18-19)24-11-7-12-27-14-13-25(2)17-21(27)20-8-5-4-6-9-20/h4-6,8-9,19,21H,7,10-18H2,1-3H3,(H,23,24). The molecule has 0 bridgehead atoms. The number of piperazine rings is 1. The van der Waals surface area contributed by atoms with E-state index in [4.69, 9.17) is 4.74 Å². The van der Waals surface area contributed by atoms with Gasteiger partial charge in [0.2, 0.25) is 0 Å². The first-order valence-corrected chi connectivity index (χ1v) is 10.6. The Morgan fingerprint density at radius 2 is 2.11 bits per heavy atom. The molecule has 2 unspecified atom stereocenters. The van der Waals surface area contributed by atoms with Crippen LogP contribution in [0.15, 0.2) is 35.3 Å². The van der Waals surface area contributed by atoms with E-state index in [9.17, 15) is 0 Å². The molecular formula is C22H37N5O. The molecule has 0 aromatic heterocycles. The van der Waals surface area contributed by atoms with Crippen LogP contribution in [-0.4, -0.2) is 94.3 Å². The minimum absolute atomic E-state index is 0.490. The Bertz CT molecular complexity index is 602. The average Bonchev–Trinajstić information content (AvgIpc) is 3.22. The Kier molecular flexibility index (Phi) is 8.13. The van der Waals surface area contributed by atoms with E-state index in [2.05, 4.69) is 69.4 Å². The Balaban J connectivity index is 1.44. The first-order valence-electron chi connectivity index (χ1n) is 10.6. The molecule has 0 radical (unpaired) electrons. The highest BCUT2D eigenvalue weighted by atomic mass is 16.5. The lowest BCUT2D eigenvalue weighted by Gasteiger charge is -2.40. The van der Waals surface area contributed by atoms with Crippen LogP contribution in [0.3, 0.4) is 0 Å². The lowest BCUT2D eigenvalue weighted by Crippen LogP contribution is -2.47. The van der Waals surface area contributed by atoms with Crippen molar-refractivity contribution in [2.75, 3.05) is 73.6 Å². The molecule has 3 rings (SSSR count). The van der Waals surface area contributed by atoms with Gasteiger partial charge in [0.15, 0.2) is 5.96 Å². The van der Waals surface area contributed by atoms with Gasteiger partial charge < -0.3 is 19.9 Å². The molecule has 2 atom stereocenters. The summed E-state index contributed by atoms with van der Waals surface area (Å²) in [5.74, 6) is 1.62. The van der Waals surface area contributed by atoms with Gasteiger partial charge in [0.25, 0.3) is 0 Å². The van der Waals surface area contributed by atoms with E-state index in [1.54, 1.807) is 0 Å². The van der Waals surface area contributed by atoms with Gasteiger partial charge in [0.1, 0.15) is 0 Å². The van der Waals surface area contributed by atoms with Crippen LogP contribution in [0.5, 0.6) is 0 Å². The lowest BCUT2D eigenvalue weighted by atomic mass is 10.0. The van der Waals surface area contributed by atoms with Crippen molar-refractivity contribution in [2.24, 2.45) is 10.9 Å². The Hall–Kier alpha value is -1.63. The summed E-state index contributed by atoms with van der Waals surface area (Å²) in [4.78, 5) is 11.8. The van der Waals surface area contributed by atoms with Crippen LogP contribution in [0.2, 0.25) is 0 Å². The van der Waals surface area contributed by atoms with Gasteiger partial charge in [-0.15, -0.1) is 0 Å². The molecule has 2 aliphatic heterocycles. The van der Waals surface area contributed by atoms with Crippen molar-refractivity contribution in [3.63, 3.8) is 0 Å². The first-order chi connectivity index (χ1) is 13.7. The van der Waals surface area contributed by atoms with Crippen molar-refractivity contribution in [1.29, 1.82) is 0 Å². The summed E-state index contributed by atoms with van der Waals surface area (Å²) < 4.78 is 5.50. The number of hydrogen-bond donors (Lipinski definition) is 1. The van der Waals surface area contributed by atoms with Crippen molar-refractivity contribution in [2.45, 2.75) is 18.9 Å². The number of guanidine groups is 1. The highest BCUT2D eigenvalue weighted by molar-refractivity contribution is 5.79. The maximum Gasteiger partial charge on any atom is 0.193 e. The third kappa shape index (κ3) is 5.93. The Morgan fingerprint density at radius 1 is 1.29 bits per heavy atom. The number of nitrogens with zero attached hydrogens (tertiary/aromatic N) is 4. The van der Waals surface area contributed by atoms with E-state index in [0.29, 0.717) is 12.0 Å². The predicted molar refractivity (Wildman–Crippen MR) is 116 cm³/mol. The van der Waals surface area contributed by atoms with Crippen LogP contribution in [0.4, 0.5) is 0 Å². The Labute approximate surface area is 170 Å². The third-order valence-corrected chi connectivity index (χ3v) is 5.91. The van der Waals surface area contributed by atoms with Crippen LogP contribution in [-0.2, 0) is 4.74 Å². The molecule has 0 saturated carbocycles. The minimum Gasteiger partial charge on any atom is -0.381 e. The third-order valence-electron chi connectivity index (χ3n) is 5.91. The lowest BCUT2D eigenvalue weighted by molar-refractivity contribution is 0.0891. The number of rotatable bonds is 7. The van der Waals surface area contributed by atoms with Gasteiger partial charge in [-0.1, -0.05) is 30.3 Å². The smallest absolute Gasteiger partial charge is 0.193 e. The quantitative estimate of drug-likeness (QED) is 0.440. The first kappa shape index (κ1) is 21.1. The molecule has 1 N–H and O–H groups in total. The second kappa shape index (κ2) is 10.8. The summed E-state index contributed by atoms with van der Waals surface area (Å²) in [5, 5.41) is 3.54. The maximum absolute atomic E-state index is 5.50. The molecule has 1 aromatic carbocycles. The fourth-order valence-electron chi connectivity index (χ4n) is 4.28. The second-order valence-corrected chi connectivity index (χ2v) is 8.16. The summed E-state index contributed by atoms with van der Waals surface area (Å²) in [6, 6.07) is 11.4. The van der Waals surface area contributed by atoms with Gasteiger partial charge in [-0.3, -0.25) is 9.89 Å². The van der Waals surface area contributed by atoms with Crippen LogP contribution in [0, 0.1) is 5.92 Å². The fraction of sp³-hybridized carbons (Fsp3) is 0.682. The molecule has 1 aromatic rings. The Morgan fingerprint density at radius 3 is 2.82 bits per heavy atom. The highest BCUT2D eigenvalue weighted by Gasteiger charge is 2.26. The van der Waals surface area contributed by atoms with E-state index in [-0.39, 0.29) is 0 Å². The SMILES string of the molecule is CN=C(NCCCN1CCN(C)CC1c1ccccc1)N(C)CC1CCOC1. The van der Waals surface area contributed by atoms with E-state index < -0.39 is 0 Å². The van der Waals surface area contributed by atoms with Crippen LogP contribution >= 0.6 is 0 Å². The fourth-order valence-corrected chi connectivity index (χ4v) is 4.28. The van der Waals surface area contributed by atoms with E-state index in [0.717, 1.165) is 71.3 Å². The van der Waals surface area contributed by atoms with Crippen molar-refractivity contribution in [3.05, 3.63) is 35.9 Å². The van der Waals surface area contributed by atoms with Crippen molar-refractivity contribution >= 4 is 5.96 Å². The molecule has 28 heavy (non-hydrogen) atoms. The monoisotopic (exact) mass is 387 g/mol. The zero-order chi connectivity index (χ0) is 19.8. The number of likely N-dealkylation sites (N-methyl/N-ethyl adjacent to an activating group) is 1. The van der Waals surface area contributed by atoms with Gasteiger partial charge in [-0.05, 0) is 25.5 Å². The summed E-state index contributed by atoms with van der Waals surface area (Å²) in [7, 11) is 6.22. The summed E-state index contributed by atoms with van der Waals surface area (Å²) in [6.07, 6.45) is 2.28. The molecular weight excluding hydrogens is 350 g/mol. The predicted octanol–water partition coefficient (Wildman–Crippen LogP) is 1.91. The second-order valence-electron chi connectivity index (χ2n) is 8.16. The number of ether oxygens (including phenoxy) is 1. The van der Waals surface area contributed by atoms with E-state index in [1.807, 2.05) is 7.05 Å². The van der Waals surface area contributed by atoms with Gasteiger partial charge >= 0.3 is 0 Å². The van der Waals surface area contributed by atoms with Crippen molar-refractivity contribution in [3.8, 4) is 0 Å². The van der Waals surface area contributed by atoms with Crippen molar-refractivity contribution in [1.82, 2.24) is 20.0 Å². The highest BCUT2D eigenvalue weighted by Crippen LogP contribution is 2.24. The number of benzene rings is 1. The van der Waals surface area contributed by atoms with Gasteiger partial charge in [-0.25, -0.2) is 0 Å². The number of nitrogens with one attached hydrogen (secondary N) is 1. The topological polar surface area (TPSA) is 43.3 Å². The van der Waals surface area contributed by atoms with E-state index >= 15 is 0 Å². The largest absolute Gasteiger partial charge is 0.381 e. The molecule has 0 amide bonds. The summed E-state index contributed by atoms with van der Waals surface area (Å²) >= 11 is 0. The molecule has 2 heterocycles. The van der Waals surface area contributed by atoms with Crippen LogP contribution in [0.1, 0.15) is 24.4 Å². The van der Waals surface area contributed by atoms with Crippen LogP contribution < -0.4 is 5.32 Å². The maximum atomic E-state index is 5.50. The van der Waals surface area contributed by atoms with Crippen LogP contribution in [0.25, 0.3) is 0 Å². The molecule has 6 heteroatoms. The average molecular weight is 388 g/mol. The molecule has 6 nitrogen and oxygen atoms in total. The van der Waals surface area contributed by atoms with Gasteiger partial charge in [0.05, 0.1) is 6.61 Å².